The Bertz CT molecular complexity index is 332. The highest BCUT2D eigenvalue weighted by Gasteiger charge is 2.54. The van der Waals surface area contributed by atoms with Crippen molar-refractivity contribution < 1.29 is 36.0 Å². The van der Waals surface area contributed by atoms with Crippen molar-refractivity contribution >= 4 is 14.2 Å². The predicted octanol–water partition coefficient (Wildman–Crippen LogP) is 2.17. The van der Waals surface area contributed by atoms with E-state index in [4.69, 9.17) is 0 Å². The molecule has 3 nitrogen and oxygen atoms in total. The lowest BCUT2D eigenvalue weighted by atomic mass is 10.4. The van der Waals surface area contributed by atoms with Gasteiger partial charge in [-0.25, -0.2) is 8.22 Å². The van der Waals surface area contributed by atoms with E-state index in [-0.39, 0.29) is 0 Å². The van der Waals surface area contributed by atoms with Crippen molar-refractivity contribution in [1.29, 1.82) is 0 Å². The predicted molar refractivity (Wildman–Crippen MR) is 43.4 cm³/mol. The molecule has 0 amide bonds. The van der Waals surface area contributed by atoms with E-state index in [2.05, 4.69) is 14.3 Å². The summed E-state index contributed by atoms with van der Waals surface area (Å²) in [4.78, 5) is 4.43. The molecule has 1 aromatic carbocycles. The van der Waals surface area contributed by atoms with E-state index < -0.39 is 20.4 Å². The van der Waals surface area contributed by atoms with Crippen molar-refractivity contribution in [3.8, 4) is 0 Å². The van der Waals surface area contributed by atoms with Crippen molar-refractivity contribution in [3.05, 3.63) is 30.3 Å². The molecule has 0 fully saturated rings. The third-order valence-electron chi connectivity index (χ3n) is 1.54. The maximum atomic E-state index is 13.2. The van der Waals surface area contributed by atoms with Gasteiger partial charge < -0.3 is 0 Å². The minimum Gasteiger partial charge on any atom is -0.278 e. The zero-order valence-corrected chi connectivity index (χ0v) is 8.50. The van der Waals surface area contributed by atoms with Gasteiger partial charge in [-0.1, -0.05) is 40.2 Å². The van der Waals surface area contributed by atoms with Gasteiger partial charge in [0.25, 0.3) is 0 Å². The molecule has 0 spiro atoms. The summed E-state index contributed by atoms with van der Waals surface area (Å²) in [5.41, 5.74) is 0. The molecule has 1 aromatic rings. The normalized spacial score (nSPS) is 12.8. The maximum Gasteiger partial charge on any atom is 0.620 e. The molecular formula is C7H5F5O3Si. The summed E-state index contributed by atoms with van der Waals surface area (Å²) in [5.74, 6) is 0. The SMILES string of the molecule is FOC(F)(OF)O[Si](F)(F)c1ccccc1. The minimum absolute atomic E-state index is 0.689. The summed E-state index contributed by atoms with van der Waals surface area (Å²) >= 11 is 0. The van der Waals surface area contributed by atoms with Gasteiger partial charge in [-0.15, -0.1) is 4.39 Å². The third-order valence-corrected chi connectivity index (χ3v) is 3.05. The number of hydrogen-bond acceptors (Lipinski definition) is 3. The van der Waals surface area contributed by atoms with Gasteiger partial charge in [0.15, 0.2) is 0 Å². The fourth-order valence-electron chi connectivity index (χ4n) is 0.888. The van der Waals surface area contributed by atoms with Crippen LogP contribution < -0.4 is 5.19 Å². The van der Waals surface area contributed by atoms with Gasteiger partial charge in [-0.05, 0) is 9.05 Å². The van der Waals surface area contributed by atoms with E-state index in [9.17, 15) is 21.7 Å². The zero-order chi connectivity index (χ0) is 12.2. The van der Waals surface area contributed by atoms with Gasteiger partial charge >= 0.3 is 15.2 Å². The molecule has 0 unspecified atom stereocenters. The second kappa shape index (κ2) is 4.87. The topological polar surface area (TPSA) is 27.7 Å². The van der Waals surface area contributed by atoms with Crippen molar-refractivity contribution in [2.24, 2.45) is 0 Å². The Morgan fingerprint density at radius 1 is 1.00 bits per heavy atom. The fourth-order valence-corrected chi connectivity index (χ4v) is 1.96. The van der Waals surface area contributed by atoms with Crippen LogP contribution in [-0.2, 0) is 14.3 Å². The molecule has 0 atom stereocenters. The molecule has 0 aliphatic heterocycles. The van der Waals surface area contributed by atoms with E-state index in [0.29, 0.717) is 0 Å². The lowest BCUT2D eigenvalue weighted by molar-refractivity contribution is -0.540. The molecule has 0 saturated carbocycles. The first-order valence-corrected chi connectivity index (χ1v) is 5.52. The molecule has 9 heteroatoms. The van der Waals surface area contributed by atoms with Crippen LogP contribution in [0.25, 0.3) is 0 Å². The Kier molecular flexibility index (Phi) is 3.96. The van der Waals surface area contributed by atoms with Crippen LogP contribution in [0.5, 0.6) is 0 Å². The molecule has 0 heterocycles. The van der Waals surface area contributed by atoms with Crippen LogP contribution in [0.2, 0.25) is 0 Å². The smallest absolute Gasteiger partial charge is 0.278 e. The number of benzene rings is 1. The van der Waals surface area contributed by atoms with Crippen LogP contribution in [0.3, 0.4) is 0 Å². The first-order chi connectivity index (χ1) is 7.43. The highest BCUT2D eigenvalue weighted by Crippen LogP contribution is 2.25. The fraction of sp³-hybridized carbons (Fsp3) is 0.143. The van der Waals surface area contributed by atoms with Gasteiger partial charge in [0.2, 0.25) is 0 Å². The van der Waals surface area contributed by atoms with E-state index >= 15 is 0 Å². The van der Waals surface area contributed by atoms with Gasteiger partial charge in [-0.3, -0.25) is 4.43 Å². The summed E-state index contributed by atoms with van der Waals surface area (Å²) in [6.07, 6.45) is -4.55. The number of halogens is 5. The van der Waals surface area contributed by atoms with E-state index in [1.165, 1.54) is 18.2 Å². The van der Waals surface area contributed by atoms with Crippen LogP contribution in [0.1, 0.15) is 0 Å². The maximum absolute atomic E-state index is 13.2. The van der Waals surface area contributed by atoms with Gasteiger partial charge in [0, 0.05) is 5.19 Å². The molecule has 90 valence electrons. The summed E-state index contributed by atoms with van der Waals surface area (Å²) in [5, 5.41) is -0.689. The number of alkyl halides is 1. The second-order valence-corrected chi connectivity index (χ2v) is 4.44. The van der Waals surface area contributed by atoms with E-state index in [1.54, 1.807) is 0 Å². The molecule has 0 saturated heterocycles. The van der Waals surface area contributed by atoms with Crippen molar-refractivity contribution in [2.45, 2.75) is 6.23 Å². The first kappa shape index (κ1) is 13.0. The molecular weight excluding hydrogens is 255 g/mol. The molecule has 16 heavy (non-hydrogen) atoms. The Morgan fingerprint density at radius 3 is 1.94 bits per heavy atom. The van der Waals surface area contributed by atoms with Crippen LogP contribution in [-0.4, -0.2) is 15.2 Å². The highest BCUT2D eigenvalue weighted by atomic mass is 28.4. The van der Waals surface area contributed by atoms with Crippen molar-refractivity contribution in [1.82, 2.24) is 0 Å². The first-order valence-electron chi connectivity index (χ1n) is 3.85. The number of rotatable bonds is 5. The zero-order valence-electron chi connectivity index (χ0n) is 7.50. The van der Waals surface area contributed by atoms with E-state index in [1.807, 2.05) is 0 Å². The Balaban J connectivity index is 2.87. The highest BCUT2D eigenvalue weighted by molar-refractivity contribution is 6.74. The lowest BCUT2D eigenvalue weighted by Gasteiger charge is -2.19. The molecule has 0 aliphatic rings. The van der Waals surface area contributed by atoms with Crippen LogP contribution in [0.4, 0.5) is 21.7 Å². The van der Waals surface area contributed by atoms with Gasteiger partial charge in [0.1, 0.15) is 0 Å². The van der Waals surface area contributed by atoms with Crippen LogP contribution in [0.15, 0.2) is 30.3 Å². The summed E-state index contributed by atoms with van der Waals surface area (Å²) < 4.78 is 65.1. The molecule has 0 radical (unpaired) electrons. The molecule has 0 N–H and O–H groups in total. The van der Waals surface area contributed by atoms with Crippen LogP contribution >= 0.6 is 0 Å². The monoisotopic (exact) mass is 260 g/mol. The largest absolute Gasteiger partial charge is 0.620 e. The van der Waals surface area contributed by atoms with Crippen LogP contribution in [0, 0.1) is 0 Å². The summed E-state index contributed by atoms with van der Waals surface area (Å²) in [6.45, 7) is 0. The standard InChI is InChI=1S/C7H5F5O3Si/c8-7(13-9,14-10)15-16(11,12)6-4-2-1-3-5-6/h1-5H. The Labute approximate surface area is 87.6 Å². The molecule has 0 bridgehead atoms. The molecule has 0 aromatic heterocycles. The molecule has 1 rings (SSSR count). The Hall–Kier alpha value is -1.03. The third kappa shape index (κ3) is 2.98. The Morgan fingerprint density at radius 2 is 1.50 bits per heavy atom. The average molecular weight is 260 g/mol. The number of hydrogen-bond donors (Lipinski definition) is 0. The minimum atomic E-state index is -5.86. The van der Waals surface area contributed by atoms with E-state index in [0.717, 1.165) is 12.1 Å². The van der Waals surface area contributed by atoms with Gasteiger partial charge in [0.05, 0.1) is 0 Å². The quantitative estimate of drug-likeness (QED) is 0.351. The second-order valence-electron chi connectivity index (χ2n) is 2.62. The van der Waals surface area contributed by atoms with Gasteiger partial charge in [-0.2, -0.15) is 0 Å². The summed E-state index contributed by atoms with van der Waals surface area (Å²) in [6, 6.07) is 5.72. The summed E-state index contributed by atoms with van der Waals surface area (Å²) in [7, 11) is -5.86. The lowest BCUT2D eigenvalue weighted by Crippen LogP contribution is -2.49. The molecule has 0 aliphatic carbocycles. The van der Waals surface area contributed by atoms with Crippen molar-refractivity contribution in [2.75, 3.05) is 0 Å². The average Bonchev–Trinajstić information content (AvgIpc) is 2.29. The van der Waals surface area contributed by atoms with Crippen molar-refractivity contribution in [3.63, 3.8) is 0 Å².